The topological polar surface area (TPSA) is 34.1 Å². The van der Waals surface area contributed by atoms with Gasteiger partial charge in [-0.1, -0.05) is 20.3 Å². The van der Waals surface area contributed by atoms with Gasteiger partial charge in [-0.15, -0.1) is 0 Å². The quantitative estimate of drug-likeness (QED) is 0.650. The number of hydrogen-bond acceptors (Lipinski definition) is 2. The van der Waals surface area contributed by atoms with Crippen LogP contribution in [-0.2, 0) is 9.84 Å². The molecule has 0 N–H and O–H groups in total. The van der Waals surface area contributed by atoms with E-state index in [9.17, 15) is 8.42 Å². The second-order valence-electron chi connectivity index (χ2n) is 4.87. The zero-order valence-corrected chi connectivity index (χ0v) is 9.18. The first-order valence-electron chi connectivity index (χ1n) is 5.24. The molecule has 1 saturated carbocycles. The van der Waals surface area contributed by atoms with Crippen LogP contribution in [0.2, 0.25) is 0 Å². The Morgan fingerprint density at radius 3 is 2.54 bits per heavy atom. The molecule has 0 aromatic heterocycles. The summed E-state index contributed by atoms with van der Waals surface area (Å²) < 4.78 is 23.5. The molecule has 3 atom stereocenters. The first kappa shape index (κ1) is 9.50. The predicted molar refractivity (Wildman–Crippen MR) is 53.2 cm³/mol. The SMILES string of the molecule is CC(C)C1CS(=O)(=O)C2CCCC12. The van der Waals surface area contributed by atoms with Crippen molar-refractivity contribution in [2.45, 2.75) is 38.4 Å². The Bertz CT molecular complexity index is 292. The molecule has 0 bridgehead atoms. The summed E-state index contributed by atoms with van der Waals surface area (Å²) in [6.45, 7) is 4.31. The second-order valence-corrected chi connectivity index (χ2v) is 7.14. The van der Waals surface area contributed by atoms with E-state index >= 15 is 0 Å². The smallest absolute Gasteiger partial charge is 0.153 e. The molecule has 2 nitrogen and oxygen atoms in total. The minimum absolute atomic E-state index is 0.0277. The number of fused-ring (bicyclic) bond motifs is 1. The molecule has 0 aromatic rings. The van der Waals surface area contributed by atoms with E-state index in [1.54, 1.807) is 0 Å². The average Bonchev–Trinajstić information content (AvgIpc) is 2.53. The molecule has 3 unspecified atom stereocenters. The molecule has 1 aliphatic carbocycles. The molecular formula is C10H18O2S. The summed E-state index contributed by atoms with van der Waals surface area (Å²) in [4.78, 5) is 0. The monoisotopic (exact) mass is 202 g/mol. The summed E-state index contributed by atoms with van der Waals surface area (Å²) in [6, 6.07) is 0. The maximum atomic E-state index is 11.8. The minimum atomic E-state index is -2.72. The molecule has 1 heterocycles. The fourth-order valence-electron chi connectivity index (χ4n) is 3.09. The van der Waals surface area contributed by atoms with Crippen LogP contribution in [0.5, 0.6) is 0 Å². The fourth-order valence-corrected chi connectivity index (χ4v) is 5.90. The average molecular weight is 202 g/mol. The van der Waals surface area contributed by atoms with E-state index in [1.807, 2.05) is 0 Å². The third kappa shape index (κ3) is 1.41. The van der Waals surface area contributed by atoms with Crippen LogP contribution in [0.1, 0.15) is 33.1 Å². The van der Waals surface area contributed by atoms with E-state index in [1.165, 1.54) is 0 Å². The van der Waals surface area contributed by atoms with Gasteiger partial charge in [0, 0.05) is 0 Å². The standard InChI is InChI=1S/C10H18O2S/c1-7(2)9-6-13(11,12)10-5-3-4-8(9)10/h7-10H,3-6H2,1-2H3. The second kappa shape index (κ2) is 2.97. The first-order valence-corrected chi connectivity index (χ1v) is 6.95. The highest BCUT2D eigenvalue weighted by Crippen LogP contribution is 2.45. The molecule has 1 aliphatic heterocycles. The highest BCUT2D eigenvalue weighted by Gasteiger charge is 2.49. The van der Waals surface area contributed by atoms with Gasteiger partial charge in [-0.2, -0.15) is 0 Å². The normalized spacial score (nSPS) is 42.5. The Morgan fingerprint density at radius 1 is 1.23 bits per heavy atom. The van der Waals surface area contributed by atoms with Crippen molar-refractivity contribution in [2.75, 3.05) is 5.75 Å². The third-order valence-corrected chi connectivity index (χ3v) is 6.15. The molecule has 1 saturated heterocycles. The molecule has 3 heteroatoms. The molecule has 76 valence electrons. The molecular weight excluding hydrogens is 184 g/mol. The zero-order chi connectivity index (χ0) is 9.64. The van der Waals surface area contributed by atoms with E-state index < -0.39 is 9.84 Å². The van der Waals surface area contributed by atoms with Gasteiger partial charge in [-0.05, 0) is 30.6 Å². The molecule has 13 heavy (non-hydrogen) atoms. The van der Waals surface area contributed by atoms with Gasteiger partial charge in [0.2, 0.25) is 0 Å². The van der Waals surface area contributed by atoms with Crippen LogP contribution in [-0.4, -0.2) is 19.4 Å². The summed E-state index contributed by atoms with van der Waals surface area (Å²) in [7, 11) is -2.72. The van der Waals surface area contributed by atoms with Gasteiger partial charge in [0.25, 0.3) is 0 Å². The zero-order valence-electron chi connectivity index (χ0n) is 8.36. The van der Waals surface area contributed by atoms with Crippen molar-refractivity contribution in [3.05, 3.63) is 0 Å². The van der Waals surface area contributed by atoms with Crippen LogP contribution < -0.4 is 0 Å². The summed E-state index contributed by atoms with van der Waals surface area (Å²) in [6.07, 6.45) is 3.20. The Morgan fingerprint density at radius 2 is 1.92 bits per heavy atom. The van der Waals surface area contributed by atoms with E-state index in [2.05, 4.69) is 13.8 Å². The molecule has 2 aliphatic rings. The van der Waals surface area contributed by atoms with E-state index in [-0.39, 0.29) is 5.25 Å². The van der Waals surface area contributed by atoms with Gasteiger partial charge in [-0.25, -0.2) is 8.42 Å². The lowest BCUT2D eigenvalue weighted by molar-refractivity contribution is 0.309. The maximum absolute atomic E-state index is 11.8. The number of hydrogen-bond donors (Lipinski definition) is 0. The summed E-state index contributed by atoms with van der Waals surface area (Å²) in [5.41, 5.74) is 0. The molecule has 0 radical (unpaired) electrons. The summed E-state index contributed by atoms with van der Waals surface area (Å²) >= 11 is 0. The molecule has 2 fully saturated rings. The van der Waals surface area contributed by atoms with Crippen molar-refractivity contribution >= 4 is 9.84 Å². The van der Waals surface area contributed by atoms with Gasteiger partial charge in [-0.3, -0.25) is 0 Å². The number of sulfone groups is 1. The Hall–Kier alpha value is -0.0500. The van der Waals surface area contributed by atoms with Crippen molar-refractivity contribution in [2.24, 2.45) is 17.8 Å². The van der Waals surface area contributed by atoms with Gasteiger partial charge in [0.15, 0.2) is 9.84 Å². The summed E-state index contributed by atoms with van der Waals surface area (Å²) in [5, 5.41) is 0.0277. The van der Waals surface area contributed by atoms with Crippen LogP contribution in [0.3, 0.4) is 0 Å². The summed E-state index contributed by atoms with van der Waals surface area (Å²) in [5.74, 6) is 1.92. The molecule has 0 aromatic carbocycles. The van der Waals surface area contributed by atoms with Crippen LogP contribution in [0.15, 0.2) is 0 Å². The van der Waals surface area contributed by atoms with Crippen molar-refractivity contribution in [3.63, 3.8) is 0 Å². The fraction of sp³-hybridized carbons (Fsp3) is 1.00. The Labute approximate surface area is 80.6 Å². The first-order chi connectivity index (χ1) is 6.02. The van der Waals surface area contributed by atoms with Gasteiger partial charge < -0.3 is 0 Å². The lowest BCUT2D eigenvalue weighted by Gasteiger charge is -2.19. The maximum Gasteiger partial charge on any atom is 0.153 e. The van der Waals surface area contributed by atoms with Crippen LogP contribution >= 0.6 is 0 Å². The van der Waals surface area contributed by atoms with Crippen molar-refractivity contribution < 1.29 is 8.42 Å². The molecule has 0 spiro atoms. The lowest BCUT2D eigenvalue weighted by atomic mass is 9.84. The largest absolute Gasteiger partial charge is 0.229 e. The van der Waals surface area contributed by atoms with Gasteiger partial charge >= 0.3 is 0 Å². The number of rotatable bonds is 1. The van der Waals surface area contributed by atoms with Crippen LogP contribution in [0, 0.1) is 17.8 Å². The minimum Gasteiger partial charge on any atom is -0.229 e. The van der Waals surface area contributed by atoms with Crippen molar-refractivity contribution in [1.29, 1.82) is 0 Å². The van der Waals surface area contributed by atoms with Crippen molar-refractivity contribution in [1.82, 2.24) is 0 Å². The Balaban J connectivity index is 2.28. The molecule has 2 rings (SSSR count). The predicted octanol–water partition coefficient (Wildman–Crippen LogP) is 1.86. The van der Waals surface area contributed by atoms with E-state index in [0.717, 1.165) is 19.3 Å². The van der Waals surface area contributed by atoms with Crippen LogP contribution in [0.4, 0.5) is 0 Å². The van der Waals surface area contributed by atoms with E-state index in [4.69, 9.17) is 0 Å². The highest BCUT2D eigenvalue weighted by molar-refractivity contribution is 7.92. The molecule has 0 amide bonds. The lowest BCUT2D eigenvalue weighted by Crippen LogP contribution is -2.19. The third-order valence-electron chi connectivity index (χ3n) is 3.80. The Kier molecular flexibility index (Phi) is 2.17. The van der Waals surface area contributed by atoms with Crippen LogP contribution in [0.25, 0.3) is 0 Å². The van der Waals surface area contributed by atoms with E-state index in [0.29, 0.717) is 23.5 Å². The van der Waals surface area contributed by atoms with Crippen molar-refractivity contribution in [3.8, 4) is 0 Å². The van der Waals surface area contributed by atoms with Gasteiger partial charge in [0.05, 0.1) is 11.0 Å². The highest BCUT2D eigenvalue weighted by atomic mass is 32.2. The van der Waals surface area contributed by atoms with Gasteiger partial charge in [0.1, 0.15) is 0 Å².